The number of aliphatic hydroxyl groups excluding tert-OH is 1. The van der Waals surface area contributed by atoms with E-state index in [4.69, 9.17) is 5.11 Å². The Hall–Kier alpha value is -0.0800. The highest BCUT2D eigenvalue weighted by Crippen LogP contribution is 2.59. The van der Waals surface area contributed by atoms with Crippen molar-refractivity contribution >= 4 is 0 Å². The zero-order chi connectivity index (χ0) is 8.60. The van der Waals surface area contributed by atoms with Crippen LogP contribution in [0, 0.1) is 11.3 Å². The van der Waals surface area contributed by atoms with Gasteiger partial charge >= 0.3 is 0 Å². The van der Waals surface area contributed by atoms with Crippen molar-refractivity contribution in [3.63, 3.8) is 0 Å². The van der Waals surface area contributed by atoms with Crippen LogP contribution >= 0.6 is 0 Å². The van der Waals surface area contributed by atoms with Crippen molar-refractivity contribution < 1.29 is 5.11 Å². The zero-order valence-electron chi connectivity index (χ0n) is 7.92. The highest BCUT2D eigenvalue weighted by atomic mass is 16.3. The summed E-state index contributed by atoms with van der Waals surface area (Å²) in [6.45, 7) is 2.93. The Balaban J connectivity index is 1.88. The van der Waals surface area contributed by atoms with Gasteiger partial charge in [0.2, 0.25) is 0 Å². The molecular formula is C10H19NO. The molecule has 12 heavy (non-hydrogen) atoms. The number of piperidine rings is 1. The lowest BCUT2D eigenvalue weighted by atomic mass is 9.92. The van der Waals surface area contributed by atoms with Gasteiger partial charge in [0.05, 0.1) is 0 Å². The van der Waals surface area contributed by atoms with E-state index in [1.807, 2.05) is 0 Å². The lowest BCUT2D eigenvalue weighted by Crippen LogP contribution is -2.34. The first-order chi connectivity index (χ1) is 5.77. The topological polar surface area (TPSA) is 23.5 Å². The van der Waals surface area contributed by atoms with Crippen molar-refractivity contribution in [2.45, 2.75) is 25.7 Å². The summed E-state index contributed by atoms with van der Waals surface area (Å²) in [5.41, 5.74) is 0.635. The molecule has 2 atom stereocenters. The third-order valence-corrected chi connectivity index (χ3v) is 3.64. The Morgan fingerprint density at radius 1 is 1.58 bits per heavy atom. The fraction of sp³-hybridized carbons (Fsp3) is 1.00. The minimum absolute atomic E-state index is 0.385. The molecule has 1 heterocycles. The van der Waals surface area contributed by atoms with Crippen LogP contribution in [0.4, 0.5) is 0 Å². The zero-order valence-corrected chi connectivity index (χ0v) is 7.92. The van der Waals surface area contributed by atoms with Gasteiger partial charge in [0.25, 0.3) is 0 Å². The minimum atomic E-state index is 0.385. The average Bonchev–Trinajstić information content (AvgIpc) is 2.63. The lowest BCUT2D eigenvalue weighted by Gasteiger charge is -2.30. The Morgan fingerprint density at radius 2 is 2.42 bits per heavy atom. The smallest absolute Gasteiger partial charge is 0.0433 e. The molecule has 0 aromatic heterocycles. The van der Waals surface area contributed by atoms with Crippen molar-refractivity contribution in [3.05, 3.63) is 0 Å². The quantitative estimate of drug-likeness (QED) is 0.669. The van der Waals surface area contributed by atoms with E-state index in [1.54, 1.807) is 0 Å². The monoisotopic (exact) mass is 169 g/mol. The van der Waals surface area contributed by atoms with Crippen LogP contribution in [0.5, 0.6) is 0 Å². The summed E-state index contributed by atoms with van der Waals surface area (Å²) in [4.78, 5) is 2.45. The van der Waals surface area contributed by atoms with Crippen LogP contribution in [-0.4, -0.2) is 36.8 Å². The van der Waals surface area contributed by atoms with Gasteiger partial charge in [-0.3, -0.25) is 0 Å². The van der Waals surface area contributed by atoms with E-state index < -0.39 is 0 Å². The van der Waals surface area contributed by atoms with Crippen molar-refractivity contribution in [2.75, 3.05) is 26.7 Å². The summed E-state index contributed by atoms with van der Waals surface area (Å²) >= 11 is 0. The SMILES string of the molecule is CN1CCCC2(CC2CCO)C1. The van der Waals surface area contributed by atoms with Crippen LogP contribution in [0.15, 0.2) is 0 Å². The molecule has 2 fully saturated rings. The summed E-state index contributed by atoms with van der Waals surface area (Å²) in [7, 11) is 2.22. The van der Waals surface area contributed by atoms with Gasteiger partial charge in [0.15, 0.2) is 0 Å². The highest BCUT2D eigenvalue weighted by Gasteiger charge is 2.53. The van der Waals surface area contributed by atoms with Gasteiger partial charge in [-0.1, -0.05) is 0 Å². The van der Waals surface area contributed by atoms with E-state index in [0.717, 1.165) is 12.3 Å². The van der Waals surface area contributed by atoms with Crippen LogP contribution < -0.4 is 0 Å². The van der Waals surface area contributed by atoms with E-state index in [2.05, 4.69) is 11.9 Å². The van der Waals surface area contributed by atoms with Crippen molar-refractivity contribution in [2.24, 2.45) is 11.3 Å². The maximum Gasteiger partial charge on any atom is 0.0433 e. The fourth-order valence-electron chi connectivity index (χ4n) is 2.89. The molecular weight excluding hydrogens is 150 g/mol. The van der Waals surface area contributed by atoms with Crippen molar-refractivity contribution in [1.29, 1.82) is 0 Å². The number of hydrogen-bond acceptors (Lipinski definition) is 2. The van der Waals surface area contributed by atoms with Gasteiger partial charge in [0.1, 0.15) is 0 Å². The van der Waals surface area contributed by atoms with Crippen molar-refractivity contribution in [1.82, 2.24) is 4.90 Å². The molecule has 0 amide bonds. The Labute approximate surface area is 74.6 Å². The lowest BCUT2D eigenvalue weighted by molar-refractivity contribution is 0.171. The minimum Gasteiger partial charge on any atom is -0.396 e. The summed E-state index contributed by atoms with van der Waals surface area (Å²) in [5, 5.41) is 8.84. The van der Waals surface area contributed by atoms with Gasteiger partial charge in [-0.15, -0.1) is 0 Å². The largest absolute Gasteiger partial charge is 0.396 e. The Kier molecular flexibility index (Phi) is 2.13. The first kappa shape index (κ1) is 8.52. The Morgan fingerprint density at radius 3 is 3.08 bits per heavy atom. The van der Waals surface area contributed by atoms with Crippen LogP contribution in [0.1, 0.15) is 25.7 Å². The molecule has 0 aromatic carbocycles. The standard InChI is InChI=1S/C10H19NO/c1-11-5-2-4-10(8-11)7-9(10)3-6-12/h9,12H,2-8H2,1H3. The van der Waals surface area contributed by atoms with Gasteiger partial charge in [0, 0.05) is 13.2 Å². The third kappa shape index (κ3) is 1.38. The molecule has 1 N–H and O–H groups in total. The molecule has 0 aromatic rings. The first-order valence-corrected chi connectivity index (χ1v) is 5.06. The number of rotatable bonds is 2. The van der Waals surface area contributed by atoms with Gasteiger partial charge < -0.3 is 10.0 Å². The Bertz CT molecular complexity index is 171. The van der Waals surface area contributed by atoms with E-state index in [9.17, 15) is 0 Å². The number of nitrogens with zero attached hydrogens (tertiary/aromatic N) is 1. The second-order valence-electron chi connectivity index (χ2n) is 4.62. The summed E-state index contributed by atoms with van der Waals surface area (Å²) in [6, 6.07) is 0. The van der Waals surface area contributed by atoms with Gasteiger partial charge in [-0.2, -0.15) is 0 Å². The van der Waals surface area contributed by atoms with Crippen molar-refractivity contribution in [3.8, 4) is 0 Å². The summed E-state index contributed by atoms with van der Waals surface area (Å²) in [5.74, 6) is 0.838. The average molecular weight is 169 g/mol. The molecule has 1 spiro atoms. The van der Waals surface area contributed by atoms with E-state index >= 15 is 0 Å². The van der Waals surface area contributed by atoms with Crippen LogP contribution in [-0.2, 0) is 0 Å². The summed E-state index contributed by atoms with van der Waals surface area (Å²) in [6.07, 6.45) is 5.17. The molecule has 2 unspecified atom stereocenters. The number of aliphatic hydroxyl groups is 1. The van der Waals surface area contributed by atoms with E-state index in [-0.39, 0.29) is 0 Å². The van der Waals surface area contributed by atoms with E-state index in [0.29, 0.717) is 12.0 Å². The molecule has 1 aliphatic carbocycles. The molecule has 2 heteroatoms. The van der Waals surface area contributed by atoms with Gasteiger partial charge in [-0.05, 0) is 50.6 Å². The van der Waals surface area contributed by atoms with Crippen LogP contribution in [0.2, 0.25) is 0 Å². The number of hydrogen-bond donors (Lipinski definition) is 1. The van der Waals surface area contributed by atoms with Gasteiger partial charge in [-0.25, -0.2) is 0 Å². The molecule has 70 valence electrons. The maximum atomic E-state index is 8.84. The van der Waals surface area contributed by atoms with Crippen LogP contribution in [0.3, 0.4) is 0 Å². The summed E-state index contributed by atoms with van der Waals surface area (Å²) < 4.78 is 0. The predicted molar refractivity (Wildman–Crippen MR) is 49.0 cm³/mol. The molecule has 0 radical (unpaired) electrons. The second-order valence-corrected chi connectivity index (χ2v) is 4.62. The van der Waals surface area contributed by atoms with E-state index in [1.165, 1.54) is 32.4 Å². The fourth-order valence-corrected chi connectivity index (χ4v) is 2.89. The molecule has 2 aliphatic rings. The predicted octanol–water partition coefficient (Wildman–Crippen LogP) is 1.10. The second kappa shape index (κ2) is 3.00. The molecule has 1 saturated carbocycles. The molecule has 0 bridgehead atoms. The third-order valence-electron chi connectivity index (χ3n) is 3.64. The molecule has 1 saturated heterocycles. The normalized spacial score (nSPS) is 42.0. The maximum absolute atomic E-state index is 8.84. The number of likely N-dealkylation sites (tertiary alicyclic amines) is 1. The molecule has 2 rings (SSSR count). The molecule has 1 aliphatic heterocycles. The first-order valence-electron chi connectivity index (χ1n) is 5.06. The van der Waals surface area contributed by atoms with Crippen LogP contribution in [0.25, 0.3) is 0 Å². The molecule has 2 nitrogen and oxygen atoms in total. The highest BCUT2D eigenvalue weighted by molar-refractivity contribution is 5.04.